The second kappa shape index (κ2) is 6.20. The first kappa shape index (κ1) is 13.4. The van der Waals surface area contributed by atoms with Gasteiger partial charge in [0.05, 0.1) is 0 Å². The Bertz CT molecular complexity index is 362. The summed E-state index contributed by atoms with van der Waals surface area (Å²) >= 11 is 0. The van der Waals surface area contributed by atoms with E-state index in [2.05, 4.69) is 46.3 Å². The topological polar surface area (TPSA) is 61.9 Å². The second-order valence-corrected chi connectivity index (χ2v) is 4.45. The number of anilines is 2. The summed E-state index contributed by atoms with van der Waals surface area (Å²) in [5, 5.41) is 9.62. The van der Waals surface area contributed by atoms with E-state index in [0.29, 0.717) is 6.54 Å². The van der Waals surface area contributed by atoms with Crippen LogP contribution in [0.2, 0.25) is 0 Å². The Morgan fingerprint density at radius 2 is 1.94 bits per heavy atom. The quantitative estimate of drug-likeness (QED) is 0.625. The van der Waals surface area contributed by atoms with Crippen LogP contribution in [0.3, 0.4) is 0 Å². The zero-order valence-corrected chi connectivity index (χ0v) is 10.7. The third-order valence-electron chi connectivity index (χ3n) is 2.48. The molecule has 1 aromatic rings. The van der Waals surface area contributed by atoms with Crippen LogP contribution >= 0.6 is 0 Å². The number of nitrogens with zero attached hydrogens (tertiary/aromatic N) is 2. The van der Waals surface area contributed by atoms with Crippen molar-refractivity contribution in [1.82, 2.24) is 15.3 Å². The van der Waals surface area contributed by atoms with E-state index in [9.17, 15) is 0 Å². The molecule has 0 aromatic carbocycles. The summed E-state index contributed by atoms with van der Waals surface area (Å²) in [7, 11) is 1.94. The van der Waals surface area contributed by atoms with E-state index in [1.54, 1.807) is 12.4 Å². The molecule has 0 spiro atoms. The van der Waals surface area contributed by atoms with Crippen molar-refractivity contribution in [2.24, 2.45) is 0 Å². The number of nitrogens with one attached hydrogen (secondary N) is 3. The minimum absolute atomic E-state index is 0.0274. The van der Waals surface area contributed by atoms with Crippen LogP contribution in [0.5, 0.6) is 0 Å². The van der Waals surface area contributed by atoms with Crippen LogP contribution in [0, 0.1) is 0 Å². The molecule has 0 unspecified atom stereocenters. The molecule has 0 saturated heterocycles. The highest BCUT2D eigenvalue weighted by Gasteiger charge is 2.14. The third-order valence-corrected chi connectivity index (χ3v) is 2.48. The highest BCUT2D eigenvalue weighted by atomic mass is 15.1. The molecule has 0 atom stereocenters. The van der Waals surface area contributed by atoms with Gasteiger partial charge >= 0.3 is 0 Å². The maximum Gasteiger partial charge on any atom is 0.131 e. The monoisotopic (exact) mass is 235 g/mol. The predicted molar refractivity (Wildman–Crippen MR) is 72.3 cm³/mol. The van der Waals surface area contributed by atoms with E-state index in [0.717, 1.165) is 18.2 Å². The maximum absolute atomic E-state index is 4.17. The number of hydrogen-bond acceptors (Lipinski definition) is 5. The van der Waals surface area contributed by atoms with Gasteiger partial charge in [-0.05, 0) is 20.9 Å². The van der Waals surface area contributed by atoms with Gasteiger partial charge in [0.15, 0.2) is 0 Å². The summed E-state index contributed by atoms with van der Waals surface area (Å²) in [5.74, 6) is 1.61. The molecule has 1 heterocycles. The molecule has 17 heavy (non-hydrogen) atoms. The molecule has 5 nitrogen and oxygen atoms in total. The van der Waals surface area contributed by atoms with Crippen molar-refractivity contribution in [3.05, 3.63) is 25.0 Å². The second-order valence-electron chi connectivity index (χ2n) is 4.45. The van der Waals surface area contributed by atoms with Crippen molar-refractivity contribution in [2.45, 2.75) is 19.4 Å². The van der Waals surface area contributed by atoms with Gasteiger partial charge < -0.3 is 16.0 Å². The minimum Gasteiger partial charge on any atom is -0.368 e. The maximum atomic E-state index is 4.17. The average molecular weight is 235 g/mol. The molecule has 0 radical (unpaired) electrons. The summed E-state index contributed by atoms with van der Waals surface area (Å²) in [4.78, 5) is 8.28. The zero-order valence-electron chi connectivity index (χ0n) is 10.7. The molecule has 0 aliphatic heterocycles. The number of hydrogen-bond donors (Lipinski definition) is 3. The van der Waals surface area contributed by atoms with Crippen molar-refractivity contribution in [3.63, 3.8) is 0 Å². The number of aromatic nitrogens is 2. The fourth-order valence-electron chi connectivity index (χ4n) is 1.13. The highest BCUT2D eigenvalue weighted by Crippen LogP contribution is 2.10. The lowest BCUT2D eigenvalue weighted by atomic mass is 10.1. The molecule has 94 valence electrons. The Morgan fingerprint density at radius 1 is 1.29 bits per heavy atom. The van der Waals surface area contributed by atoms with Crippen molar-refractivity contribution in [1.29, 1.82) is 0 Å². The average Bonchev–Trinajstić information content (AvgIpc) is 2.35. The summed E-state index contributed by atoms with van der Waals surface area (Å²) in [6, 6.07) is 1.88. The van der Waals surface area contributed by atoms with Gasteiger partial charge in [-0.15, -0.1) is 6.58 Å². The fraction of sp³-hybridized carbons (Fsp3) is 0.500. The van der Waals surface area contributed by atoms with Gasteiger partial charge in [-0.25, -0.2) is 9.97 Å². The minimum atomic E-state index is 0.0274. The summed E-state index contributed by atoms with van der Waals surface area (Å²) < 4.78 is 0. The van der Waals surface area contributed by atoms with Crippen LogP contribution in [-0.4, -0.2) is 35.6 Å². The molecule has 1 aromatic heterocycles. The first-order chi connectivity index (χ1) is 8.07. The molecule has 1 rings (SSSR count). The van der Waals surface area contributed by atoms with E-state index < -0.39 is 0 Å². The molecule has 0 fully saturated rings. The predicted octanol–water partition coefficient (Wildman–Crippen LogP) is 1.48. The van der Waals surface area contributed by atoms with E-state index >= 15 is 0 Å². The molecular formula is C12H21N5. The molecule has 0 amide bonds. The van der Waals surface area contributed by atoms with Crippen molar-refractivity contribution in [3.8, 4) is 0 Å². The van der Waals surface area contributed by atoms with E-state index in [1.807, 2.05) is 13.1 Å². The van der Waals surface area contributed by atoms with Gasteiger partial charge in [0, 0.05) is 24.7 Å². The van der Waals surface area contributed by atoms with Crippen molar-refractivity contribution < 1.29 is 0 Å². The Balaban J connectivity index is 2.56. The molecule has 3 N–H and O–H groups in total. The van der Waals surface area contributed by atoms with Crippen LogP contribution in [0.25, 0.3) is 0 Å². The summed E-state index contributed by atoms with van der Waals surface area (Å²) in [5.41, 5.74) is 0.0274. The van der Waals surface area contributed by atoms with Gasteiger partial charge in [0.25, 0.3) is 0 Å². The highest BCUT2D eigenvalue weighted by molar-refractivity contribution is 5.46. The normalized spacial score (nSPS) is 11.0. The summed E-state index contributed by atoms with van der Waals surface area (Å²) in [6.45, 7) is 9.38. The van der Waals surface area contributed by atoms with Crippen LogP contribution in [0.1, 0.15) is 13.8 Å². The fourth-order valence-corrected chi connectivity index (χ4v) is 1.13. The zero-order chi connectivity index (χ0) is 12.7. The molecule has 0 aliphatic carbocycles. The van der Waals surface area contributed by atoms with Gasteiger partial charge in [0.2, 0.25) is 0 Å². The number of likely N-dealkylation sites (N-methyl/N-ethyl adjacent to an activating group) is 1. The Labute approximate surface area is 103 Å². The molecule has 5 heteroatoms. The standard InChI is InChI=1S/C12H21N5/c1-5-6-14-10-7-11(17-9-16-10)15-8-12(2,3)13-4/h5,7,9,13H,1,6,8H2,2-4H3,(H2,14,15,16,17). The van der Waals surface area contributed by atoms with E-state index in [4.69, 9.17) is 0 Å². The molecule has 0 bridgehead atoms. The van der Waals surface area contributed by atoms with Crippen LogP contribution < -0.4 is 16.0 Å². The van der Waals surface area contributed by atoms with Crippen molar-refractivity contribution >= 4 is 11.6 Å². The SMILES string of the molecule is C=CCNc1cc(NCC(C)(C)NC)ncn1. The Morgan fingerprint density at radius 3 is 2.53 bits per heavy atom. The first-order valence-corrected chi connectivity index (χ1v) is 5.67. The van der Waals surface area contributed by atoms with Crippen molar-refractivity contribution in [2.75, 3.05) is 30.8 Å². The van der Waals surface area contributed by atoms with Crippen LogP contribution in [0.15, 0.2) is 25.0 Å². The smallest absolute Gasteiger partial charge is 0.131 e. The van der Waals surface area contributed by atoms with Crippen LogP contribution in [0.4, 0.5) is 11.6 Å². The lowest BCUT2D eigenvalue weighted by Gasteiger charge is -2.24. The largest absolute Gasteiger partial charge is 0.368 e. The van der Waals surface area contributed by atoms with Gasteiger partial charge in [0.1, 0.15) is 18.0 Å². The van der Waals surface area contributed by atoms with E-state index in [-0.39, 0.29) is 5.54 Å². The molecule has 0 saturated carbocycles. The van der Waals surface area contributed by atoms with Gasteiger partial charge in [-0.1, -0.05) is 6.08 Å². The van der Waals surface area contributed by atoms with E-state index in [1.165, 1.54) is 0 Å². The molecule has 0 aliphatic rings. The number of rotatable bonds is 7. The summed E-state index contributed by atoms with van der Waals surface area (Å²) in [6.07, 6.45) is 3.33. The first-order valence-electron chi connectivity index (χ1n) is 5.67. The van der Waals surface area contributed by atoms with Gasteiger partial charge in [-0.2, -0.15) is 0 Å². The Kier molecular flexibility index (Phi) is 4.90. The van der Waals surface area contributed by atoms with Crippen LogP contribution in [-0.2, 0) is 0 Å². The molecular weight excluding hydrogens is 214 g/mol. The van der Waals surface area contributed by atoms with Gasteiger partial charge in [-0.3, -0.25) is 0 Å². The lowest BCUT2D eigenvalue weighted by Crippen LogP contribution is -2.42. The Hall–Kier alpha value is -1.62. The third kappa shape index (κ3) is 4.82. The lowest BCUT2D eigenvalue weighted by molar-refractivity contribution is 0.447.